The molecule has 0 rings (SSSR count). The van der Waals surface area contributed by atoms with E-state index in [0.717, 1.165) is 12.8 Å². The van der Waals surface area contributed by atoms with E-state index in [9.17, 15) is 4.79 Å². The maximum atomic E-state index is 11.3. The number of amides is 1. The third-order valence-electron chi connectivity index (χ3n) is 2.25. The molecule has 0 saturated carbocycles. The van der Waals surface area contributed by atoms with Crippen LogP contribution in [-0.4, -0.2) is 50.0 Å². The third-order valence-corrected chi connectivity index (χ3v) is 2.25. The minimum absolute atomic E-state index is 0.0162. The summed E-state index contributed by atoms with van der Waals surface area (Å²) in [4.78, 5) is 11.3. The molecule has 0 fully saturated rings. The first-order valence-electron chi connectivity index (χ1n) is 5.89. The van der Waals surface area contributed by atoms with Gasteiger partial charge in [0.05, 0.1) is 19.8 Å². The van der Waals surface area contributed by atoms with Crippen molar-refractivity contribution < 1.29 is 14.6 Å². The molecule has 0 bridgehead atoms. The smallest absolute Gasteiger partial charge is 0.233 e. The molecule has 0 radical (unpaired) electrons. The Morgan fingerprint density at radius 2 is 2.19 bits per heavy atom. The zero-order valence-corrected chi connectivity index (χ0v) is 10.3. The van der Waals surface area contributed by atoms with Crippen LogP contribution in [0.5, 0.6) is 0 Å². The summed E-state index contributed by atoms with van der Waals surface area (Å²) in [5.41, 5.74) is 0. The Morgan fingerprint density at radius 1 is 1.44 bits per heavy atom. The van der Waals surface area contributed by atoms with Crippen molar-refractivity contribution >= 4 is 5.91 Å². The number of carbonyl (C=O) groups excluding carboxylic acids is 1. The molecule has 1 atom stereocenters. The van der Waals surface area contributed by atoms with E-state index in [4.69, 9.17) is 9.84 Å². The Morgan fingerprint density at radius 3 is 2.81 bits per heavy atom. The van der Waals surface area contributed by atoms with Gasteiger partial charge >= 0.3 is 0 Å². The Hall–Kier alpha value is -0.650. The van der Waals surface area contributed by atoms with Crippen molar-refractivity contribution in [2.75, 3.05) is 32.9 Å². The van der Waals surface area contributed by atoms with Gasteiger partial charge in [-0.3, -0.25) is 4.79 Å². The van der Waals surface area contributed by atoms with Gasteiger partial charge in [0.25, 0.3) is 0 Å². The van der Waals surface area contributed by atoms with Gasteiger partial charge in [0, 0.05) is 19.2 Å². The lowest BCUT2D eigenvalue weighted by Gasteiger charge is -2.11. The van der Waals surface area contributed by atoms with Gasteiger partial charge in [-0.1, -0.05) is 6.92 Å². The van der Waals surface area contributed by atoms with Crippen LogP contribution < -0.4 is 10.6 Å². The highest BCUT2D eigenvalue weighted by molar-refractivity contribution is 5.77. The second-order valence-electron chi connectivity index (χ2n) is 3.73. The Kier molecular flexibility index (Phi) is 10.4. The number of nitrogens with one attached hydrogen (secondary N) is 2. The van der Waals surface area contributed by atoms with Crippen LogP contribution in [0.15, 0.2) is 0 Å². The minimum atomic E-state index is 0.0162. The molecule has 0 heterocycles. The number of carbonyl (C=O) groups is 1. The summed E-state index contributed by atoms with van der Waals surface area (Å²) in [5.74, 6) is 0.0162. The van der Waals surface area contributed by atoms with E-state index in [2.05, 4.69) is 24.5 Å². The normalized spacial score (nSPS) is 12.4. The minimum Gasteiger partial charge on any atom is -0.394 e. The topological polar surface area (TPSA) is 70.6 Å². The number of hydrogen-bond donors (Lipinski definition) is 3. The third kappa shape index (κ3) is 9.89. The first-order chi connectivity index (χ1) is 7.70. The highest BCUT2D eigenvalue weighted by atomic mass is 16.5. The van der Waals surface area contributed by atoms with Crippen LogP contribution in [0, 0.1) is 0 Å². The van der Waals surface area contributed by atoms with E-state index < -0.39 is 0 Å². The Balaban J connectivity index is 3.24. The van der Waals surface area contributed by atoms with Gasteiger partial charge in [-0.15, -0.1) is 0 Å². The van der Waals surface area contributed by atoms with Crippen molar-refractivity contribution in [3.63, 3.8) is 0 Å². The van der Waals surface area contributed by atoms with Gasteiger partial charge in [0.2, 0.25) is 5.91 Å². The highest BCUT2D eigenvalue weighted by Gasteiger charge is 2.02. The number of hydrogen-bond acceptors (Lipinski definition) is 4. The number of aliphatic hydroxyl groups is 1. The lowest BCUT2D eigenvalue weighted by atomic mass is 10.2. The van der Waals surface area contributed by atoms with E-state index in [1.165, 1.54) is 0 Å². The van der Waals surface area contributed by atoms with Crippen LogP contribution in [0.3, 0.4) is 0 Å². The van der Waals surface area contributed by atoms with Gasteiger partial charge in [0.15, 0.2) is 0 Å². The summed E-state index contributed by atoms with van der Waals surface area (Å²) in [5, 5.41) is 14.4. The molecule has 5 nitrogen and oxygen atoms in total. The van der Waals surface area contributed by atoms with E-state index in [1.54, 1.807) is 0 Å². The summed E-state index contributed by atoms with van der Waals surface area (Å²) in [6.07, 6.45) is 1.79. The maximum Gasteiger partial charge on any atom is 0.233 e. The molecule has 0 aromatic heterocycles. The fourth-order valence-corrected chi connectivity index (χ4v) is 1.04. The average molecular weight is 232 g/mol. The molecule has 0 saturated heterocycles. The zero-order chi connectivity index (χ0) is 12.2. The van der Waals surface area contributed by atoms with Crippen LogP contribution in [0.2, 0.25) is 0 Å². The summed E-state index contributed by atoms with van der Waals surface area (Å²) >= 11 is 0. The van der Waals surface area contributed by atoms with E-state index in [0.29, 0.717) is 32.3 Å². The summed E-state index contributed by atoms with van der Waals surface area (Å²) in [7, 11) is 0. The van der Waals surface area contributed by atoms with Crippen LogP contribution in [0.1, 0.15) is 26.7 Å². The predicted molar refractivity (Wildman–Crippen MR) is 63.3 cm³/mol. The van der Waals surface area contributed by atoms with Crippen LogP contribution in [-0.2, 0) is 9.53 Å². The molecule has 1 amide bonds. The van der Waals surface area contributed by atoms with Gasteiger partial charge in [-0.2, -0.15) is 0 Å². The standard InChI is InChI=1S/C11H24N2O3/c1-3-10(2)13-9-11(15)12-5-4-7-16-8-6-14/h10,13-14H,3-9H2,1-2H3,(H,12,15). The molecular weight excluding hydrogens is 208 g/mol. The van der Waals surface area contributed by atoms with Crippen molar-refractivity contribution in [2.24, 2.45) is 0 Å². The molecule has 16 heavy (non-hydrogen) atoms. The fraction of sp³-hybridized carbons (Fsp3) is 0.909. The van der Waals surface area contributed by atoms with E-state index in [1.807, 2.05) is 0 Å². The fourth-order valence-electron chi connectivity index (χ4n) is 1.04. The van der Waals surface area contributed by atoms with Gasteiger partial charge in [-0.25, -0.2) is 0 Å². The van der Waals surface area contributed by atoms with Crippen molar-refractivity contribution in [1.82, 2.24) is 10.6 Å². The van der Waals surface area contributed by atoms with Crippen LogP contribution in [0.25, 0.3) is 0 Å². The van der Waals surface area contributed by atoms with Crippen LogP contribution >= 0.6 is 0 Å². The lowest BCUT2D eigenvalue weighted by Crippen LogP contribution is -2.38. The SMILES string of the molecule is CCC(C)NCC(=O)NCCCOCCO. The molecular formula is C11H24N2O3. The second-order valence-corrected chi connectivity index (χ2v) is 3.73. The van der Waals surface area contributed by atoms with Gasteiger partial charge < -0.3 is 20.5 Å². The number of ether oxygens (including phenoxy) is 1. The second kappa shape index (κ2) is 10.9. The average Bonchev–Trinajstić information content (AvgIpc) is 2.30. The Labute approximate surface area is 97.6 Å². The maximum absolute atomic E-state index is 11.3. The molecule has 3 N–H and O–H groups in total. The lowest BCUT2D eigenvalue weighted by molar-refractivity contribution is -0.120. The molecule has 0 spiro atoms. The monoisotopic (exact) mass is 232 g/mol. The molecule has 1 unspecified atom stereocenters. The van der Waals surface area contributed by atoms with Gasteiger partial charge in [0.1, 0.15) is 0 Å². The van der Waals surface area contributed by atoms with Crippen molar-refractivity contribution in [3.8, 4) is 0 Å². The molecule has 0 aliphatic carbocycles. The molecule has 5 heteroatoms. The highest BCUT2D eigenvalue weighted by Crippen LogP contribution is 1.86. The van der Waals surface area contributed by atoms with E-state index >= 15 is 0 Å². The van der Waals surface area contributed by atoms with Crippen molar-refractivity contribution in [3.05, 3.63) is 0 Å². The van der Waals surface area contributed by atoms with Crippen molar-refractivity contribution in [1.29, 1.82) is 0 Å². The quantitative estimate of drug-likeness (QED) is 0.460. The zero-order valence-electron chi connectivity index (χ0n) is 10.3. The molecule has 0 aliphatic rings. The Bertz CT molecular complexity index is 177. The van der Waals surface area contributed by atoms with Crippen molar-refractivity contribution in [2.45, 2.75) is 32.7 Å². The summed E-state index contributed by atoms with van der Waals surface area (Å²) in [6, 6.07) is 0.374. The predicted octanol–water partition coefficient (Wildman–Crippen LogP) is -0.110. The van der Waals surface area contributed by atoms with E-state index in [-0.39, 0.29) is 12.5 Å². The summed E-state index contributed by atoms with van der Waals surface area (Å²) in [6.45, 7) is 6.09. The number of aliphatic hydroxyl groups excluding tert-OH is 1. The molecule has 96 valence electrons. The first kappa shape index (κ1) is 15.3. The molecule has 0 aliphatic heterocycles. The largest absolute Gasteiger partial charge is 0.394 e. The summed E-state index contributed by atoms with van der Waals surface area (Å²) < 4.78 is 5.06. The van der Waals surface area contributed by atoms with Crippen LogP contribution in [0.4, 0.5) is 0 Å². The number of rotatable bonds is 10. The van der Waals surface area contributed by atoms with Gasteiger partial charge in [-0.05, 0) is 19.8 Å². The molecule has 0 aromatic rings. The molecule has 0 aromatic carbocycles. The first-order valence-corrected chi connectivity index (χ1v) is 5.89.